The number of carbonyl (C=O) groups is 1. The van der Waals surface area contributed by atoms with Gasteiger partial charge in [-0.1, -0.05) is 18.5 Å². The summed E-state index contributed by atoms with van der Waals surface area (Å²) in [5, 5.41) is 5.08. The number of aromatic nitrogens is 1. The lowest BCUT2D eigenvalue weighted by Crippen LogP contribution is -2.10. The van der Waals surface area contributed by atoms with Gasteiger partial charge in [-0.2, -0.15) is 0 Å². The van der Waals surface area contributed by atoms with E-state index in [2.05, 4.69) is 10.3 Å². The Balaban J connectivity index is 1.86. The Kier molecular flexibility index (Phi) is 5.19. The van der Waals surface area contributed by atoms with Crippen molar-refractivity contribution in [1.82, 2.24) is 0 Å². The van der Waals surface area contributed by atoms with Gasteiger partial charge in [0, 0.05) is 29.8 Å². The number of aryl methyl sites for hydroxylation is 1. The molecule has 0 radical (unpaired) electrons. The molecule has 4 nitrogen and oxygen atoms in total. The van der Waals surface area contributed by atoms with Gasteiger partial charge < -0.3 is 10.1 Å². The molecule has 0 fully saturated rings. The lowest BCUT2D eigenvalue weighted by atomic mass is 10.1. The number of aromatic amines is 1. The zero-order valence-electron chi connectivity index (χ0n) is 14.2. The maximum Gasteiger partial charge on any atom is 0.338 e. The van der Waals surface area contributed by atoms with Gasteiger partial charge in [-0.15, -0.1) is 0 Å². The molecule has 3 aromatic rings. The van der Waals surface area contributed by atoms with Crippen LogP contribution in [0.2, 0.25) is 5.02 Å². The molecule has 1 heterocycles. The molecule has 0 aliphatic carbocycles. The summed E-state index contributed by atoms with van der Waals surface area (Å²) in [5.74, 6) is -0.296. The molecule has 2 aromatic carbocycles. The number of H-pyrrole nitrogens is 1. The van der Waals surface area contributed by atoms with Crippen molar-refractivity contribution in [3.63, 3.8) is 0 Å². The quantitative estimate of drug-likeness (QED) is 0.660. The van der Waals surface area contributed by atoms with Crippen LogP contribution in [0.25, 0.3) is 10.9 Å². The van der Waals surface area contributed by atoms with Crippen molar-refractivity contribution in [1.29, 1.82) is 0 Å². The smallest absolute Gasteiger partial charge is 0.338 e. The molecule has 0 aliphatic heterocycles. The van der Waals surface area contributed by atoms with Crippen LogP contribution in [-0.4, -0.2) is 12.6 Å². The minimum atomic E-state index is -0.296. The maximum atomic E-state index is 11.9. The maximum absolute atomic E-state index is 11.9. The summed E-state index contributed by atoms with van der Waals surface area (Å²) in [6, 6.07) is 15.0. The van der Waals surface area contributed by atoms with E-state index in [-0.39, 0.29) is 5.97 Å². The van der Waals surface area contributed by atoms with Crippen LogP contribution in [-0.2, 0) is 4.74 Å². The molecule has 0 atom stereocenters. The number of esters is 1. The van der Waals surface area contributed by atoms with Crippen LogP contribution >= 0.6 is 11.6 Å². The Labute approximate surface area is 151 Å². The number of benzene rings is 2. The highest BCUT2D eigenvalue weighted by molar-refractivity contribution is 6.31. The molecule has 0 bridgehead atoms. The second kappa shape index (κ2) is 7.53. The number of pyridine rings is 1. The van der Waals surface area contributed by atoms with Gasteiger partial charge >= 0.3 is 5.97 Å². The third-order valence-electron chi connectivity index (χ3n) is 3.80. The molecule has 5 heteroatoms. The highest BCUT2D eigenvalue weighted by atomic mass is 35.5. The van der Waals surface area contributed by atoms with Crippen molar-refractivity contribution in [2.24, 2.45) is 0 Å². The van der Waals surface area contributed by atoms with E-state index in [4.69, 9.17) is 16.3 Å². The van der Waals surface area contributed by atoms with E-state index in [1.807, 2.05) is 50.2 Å². The van der Waals surface area contributed by atoms with Crippen LogP contribution in [0.5, 0.6) is 0 Å². The lowest BCUT2D eigenvalue weighted by Gasteiger charge is -2.09. The predicted molar refractivity (Wildman–Crippen MR) is 101 cm³/mol. The molecule has 0 aliphatic rings. The van der Waals surface area contributed by atoms with Crippen LogP contribution in [0.3, 0.4) is 0 Å². The fourth-order valence-corrected chi connectivity index (χ4v) is 2.79. The number of hydrogen-bond donors (Lipinski definition) is 1. The molecule has 0 unspecified atom stereocenters. The van der Waals surface area contributed by atoms with Crippen molar-refractivity contribution in [2.75, 3.05) is 11.9 Å². The topological polar surface area (TPSA) is 52.5 Å². The summed E-state index contributed by atoms with van der Waals surface area (Å²) >= 11 is 6.14. The molecule has 0 amide bonds. The second-order valence-corrected chi connectivity index (χ2v) is 6.33. The van der Waals surface area contributed by atoms with Crippen molar-refractivity contribution < 1.29 is 14.5 Å². The zero-order chi connectivity index (χ0) is 17.8. The Morgan fingerprint density at radius 2 is 1.92 bits per heavy atom. The van der Waals surface area contributed by atoms with Crippen LogP contribution in [0.15, 0.2) is 48.5 Å². The summed E-state index contributed by atoms with van der Waals surface area (Å²) in [5.41, 5.74) is 4.43. The number of anilines is 2. The molecule has 0 saturated heterocycles. The van der Waals surface area contributed by atoms with Crippen molar-refractivity contribution in [3.05, 3.63) is 64.8 Å². The van der Waals surface area contributed by atoms with Gasteiger partial charge in [-0.25, -0.2) is 9.78 Å². The number of hydrogen-bond acceptors (Lipinski definition) is 3. The molecule has 0 saturated carbocycles. The van der Waals surface area contributed by atoms with Gasteiger partial charge in [-0.3, -0.25) is 0 Å². The fourth-order valence-electron chi connectivity index (χ4n) is 2.62. The van der Waals surface area contributed by atoms with Gasteiger partial charge in [0.2, 0.25) is 5.52 Å². The first kappa shape index (κ1) is 17.2. The van der Waals surface area contributed by atoms with E-state index < -0.39 is 0 Å². The monoisotopic (exact) mass is 355 g/mol. The van der Waals surface area contributed by atoms with Gasteiger partial charge in [0.25, 0.3) is 0 Å². The van der Waals surface area contributed by atoms with Crippen molar-refractivity contribution >= 4 is 39.8 Å². The standard InChI is InChI=1S/C20H19ClN2O2/c1-3-10-25-20(24)14-4-7-16(8-5-14)23-19-11-13(2)22-18-9-6-15(21)12-17(18)19/h4-9,11-12H,3,10H2,1-2H3,(H,22,23)/p+1. The van der Waals surface area contributed by atoms with Crippen LogP contribution in [0, 0.1) is 6.92 Å². The molecule has 1 aromatic heterocycles. The fraction of sp³-hybridized carbons (Fsp3) is 0.200. The first-order chi connectivity index (χ1) is 12.1. The molecule has 3 rings (SSSR count). The highest BCUT2D eigenvalue weighted by Crippen LogP contribution is 2.27. The predicted octanol–water partition coefficient (Wildman–Crippen LogP) is 4.93. The van der Waals surface area contributed by atoms with E-state index in [9.17, 15) is 4.79 Å². The number of halogens is 1. The van der Waals surface area contributed by atoms with Crippen LogP contribution in [0.1, 0.15) is 29.4 Å². The number of nitrogens with one attached hydrogen (secondary N) is 2. The van der Waals surface area contributed by atoms with Gasteiger partial charge in [0.15, 0.2) is 5.69 Å². The molecule has 25 heavy (non-hydrogen) atoms. The van der Waals surface area contributed by atoms with Crippen molar-refractivity contribution in [2.45, 2.75) is 20.3 Å². The third kappa shape index (κ3) is 4.09. The Morgan fingerprint density at radius 3 is 2.64 bits per heavy atom. The summed E-state index contributed by atoms with van der Waals surface area (Å²) < 4.78 is 5.14. The number of carbonyl (C=O) groups excluding carboxylic acids is 1. The van der Waals surface area contributed by atoms with E-state index in [1.54, 1.807) is 12.1 Å². The molecule has 0 spiro atoms. The van der Waals surface area contributed by atoms with E-state index in [0.717, 1.165) is 34.4 Å². The Bertz CT molecular complexity index is 907. The molecule has 2 N–H and O–H groups in total. The first-order valence-corrected chi connectivity index (χ1v) is 8.61. The van der Waals surface area contributed by atoms with Gasteiger partial charge in [0.05, 0.1) is 23.2 Å². The summed E-state index contributed by atoms with van der Waals surface area (Å²) in [6.07, 6.45) is 0.811. The highest BCUT2D eigenvalue weighted by Gasteiger charge is 2.11. The summed E-state index contributed by atoms with van der Waals surface area (Å²) in [6.45, 7) is 4.41. The minimum Gasteiger partial charge on any atom is -0.462 e. The molecular weight excluding hydrogens is 336 g/mol. The van der Waals surface area contributed by atoms with Crippen LogP contribution in [0.4, 0.5) is 11.4 Å². The summed E-state index contributed by atoms with van der Waals surface area (Å²) in [4.78, 5) is 15.2. The lowest BCUT2D eigenvalue weighted by molar-refractivity contribution is -0.354. The number of fused-ring (bicyclic) bond motifs is 1. The normalized spacial score (nSPS) is 10.7. The van der Waals surface area contributed by atoms with E-state index >= 15 is 0 Å². The zero-order valence-corrected chi connectivity index (χ0v) is 15.0. The largest absolute Gasteiger partial charge is 0.462 e. The number of ether oxygens (including phenoxy) is 1. The Morgan fingerprint density at radius 1 is 1.16 bits per heavy atom. The molecule has 128 valence electrons. The minimum absolute atomic E-state index is 0.296. The average molecular weight is 356 g/mol. The SMILES string of the molecule is CCCOC(=O)c1ccc(Nc2cc(C)[nH+]c3ccc(Cl)cc23)cc1. The van der Waals surface area contributed by atoms with Gasteiger partial charge in [0.1, 0.15) is 0 Å². The third-order valence-corrected chi connectivity index (χ3v) is 4.04. The second-order valence-electron chi connectivity index (χ2n) is 5.89. The van der Waals surface area contributed by atoms with E-state index in [0.29, 0.717) is 17.2 Å². The van der Waals surface area contributed by atoms with Crippen LogP contribution < -0.4 is 10.3 Å². The number of rotatable bonds is 5. The Hall–Kier alpha value is -2.59. The van der Waals surface area contributed by atoms with E-state index in [1.165, 1.54) is 0 Å². The average Bonchev–Trinajstić information content (AvgIpc) is 2.61. The summed E-state index contributed by atoms with van der Waals surface area (Å²) in [7, 11) is 0. The van der Waals surface area contributed by atoms with Gasteiger partial charge in [-0.05, 0) is 42.8 Å². The first-order valence-electron chi connectivity index (χ1n) is 8.23. The van der Waals surface area contributed by atoms with Crippen molar-refractivity contribution in [3.8, 4) is 0 Å². The molecular formula is C20H20ClN2O2+.